The number of fused-ring (bicyclic) bond motifs is 1. The van der Waals surface area contributed by atoms with Gasteiger partial charge in [-0.25, -0.2) is 4.79 Å². The van der Waals surface area contributed by atoms with Crippen molar-refractivity contribution in [3.8, 4) is 0 Å². The molecule has 2 aliphatic heterocycles. The standard InChI is InChI=1S/C27H34N6O2S/c34-25(11-2-1-10-24-26-23(20-36-24)31-27(35)32-26)30-16-7-17-33(18-12-21-8-3-5-14-28-21)19-13-22-9-4-6-15-29-22/h3-6,8-9,12-15,18-19,23-24,26H,1-2,7,10-11,16-17,20H2,(H,30,34)(H2,31,32,35)/b18-12-,19-13+/t23-,24-,26-/m0/s1. The van der Waals surface area contributed by atoms with Gasteiger partial charge < -0.3 is 20.9 Å². The highest BCUT2D eigenvalue weighted by Gasteiger charge is 2.42. The van der Waals surface area contributed by atoms with Gasteiger partial charge in [-0.2, -0.15) is 11.8 Å². The molecule has 4 rings (SSSR count). The van der Waals surface area contributed by atoms with Crippen molar-refractivity contribution in [1.82, 2.24) is 30.8 Å². The molecule has 9 heteroatoms. The van der Waals surface area contributed by atoms with E-state index in [0.29, 0.717) is 18.2 Å². The zero-order chi connectivity index (χ0) is 25.0. The molecule has 2 aliphatic rings. The van der Waals surface area contributed by atoms with E-state index in [1.165, 1.54) is 0 Å². The van der Waals surface area contributed by atoms with Gasteiger partial charge in [-0.05, 0) is 55.7 Å². The van der Waals surface area contributed by atoms with Gasteiger partial charge in [-0.1, -0.05) is 18.6 Å². The predicted molar refractivity (Wildman–Crippen MR) is 145 cm³/mol. The average Bonchev–Trinajstić information content (AvgIpc) is 3.46. The van der Waals surface area contributed by atoms with E-state index in [0.717, 1.165) is 49.4 Å². The number of urea groups is 1. The average molecular weight is 507 g/mol. The van der Waals surface area contributed by atoms with Crippen LogP contribution in [0.15, 0.2) is 61.2 Å². The number of rotatable bonds is 13. The molecule has 0 unspecified atom stereocenters. The van der Waals surface area contributed by atoms with Gasteiger partial charge in [0.25, 0.3) is 0 Å². The Balaban J connectivity index is 1.15. The smallest absolute Gasteiger partial charge is 0.315 e. The third kappa shape index (κ3) is 8.12. The van der Waals surface area contributed by atoms with Crippen molar-refractivity contribution < 1.29 is 9.59 Å². The van der Waals surface area contributed by atoms with Crippen molar-refractivity contribution in [2.45, 2.75) is 49.4 Å². The summed E-state index contributed by atoms with van der Waals surface area (Å²) in [5.74, 6) is 1.07. The summed E-state index contributed by atoms with van der Waals surface area (Å²) in [6.45, 7) is 1.39. The predicted octanol–water partition coefficient (Wildman–Crippen LogP) is 3.65. The Morgan fingerprint density at radius 3 is 2.42 bits per heavy atom. The lowest BCUT2D eigenvalue weighted by molar-refractivity contribution is -0.121. The van der Waals surface area contributed by atoms with Crippen LogP contribution < -0.4 is 16.0 Å². The number of carbonyl (C=O) groups is 2. The molecule has 3 N–H and O–H groups in total. The van der Waals surface area contributed by atoms with Crippen LogP contribution in [0.25, 0.3) is 12.2 Å². The summed E-state index contributed by atoms with van der Waals surface area (Å²) in [5.41, 5.74) is 1.78. The van der Waals surface area contributed by atoms with Crippen LogP contribution in [0.1, 0.15) is 43.5 Å². The second-order valence-corrected chi connectivity index (χ2v) is 10.2. The quantitative estimate of drug-likeness (QED) is 0.283. The van der Waals surface area contributed by atoms with Crippen LogP contribution in [0.3, 0.4) is 0 Å². The Bertz CT molecular complexity index is 984. The van der Waals surface area contributed by atoms with Gasteiger partial charge in [0.15, 0.2) is 0 Å². The molecule has 0 aliphatic carbocycles. The molecule has 2 fully saturated rings. The summed E-state index contributed by atoms with van der Waals surface area (Å²) < 4.78 is 0. The molecule has 2 saturated heterocycles. The zero-order valence-electron chi connectivity index (χ0n) is 20.4. The summed E-state index contributed by atoms with van der Waals surface area (Å²) in [4.78, 5) is 34.5. The molecule has 3 atom stereocenters. The monoisotopic (exact) mass is 506 g/mol. The molecule has 0 saturated carbocycles. The lowest BCUT2D eigenvalue weighted by Gasteiger charge is -2.16. The van der Waals surface area contributed by atoms with Crippen molar-refractivity contribution >= 4 is 35.9 Å². The maximum Gasteiger partial charge on any atom is 0.315 e. The topological polar surface area (TPSA) is 99.2 Å². The van der Waals surface area contributed by atoms with Gasteiger partial charge in [0.1, 0.15) is 0 Å². The van der Waals surface area contributed by atoms with Crippen LogP contribution in [-0.4, -0.2) is 63.0 Å². The zero-order valence-corrected chi connectivity index (χ0v) is 21.2. The highest BCUT2D eigenvalue weighted by molar-refractivity contribution is 8.00. The molecule has 0 aromatic carbocycles. The minimum absolute atomic E-state index is 0.0484. The van der Waals surface area contributed by atoms with Gasteiger partial charge in [-0.15, -0.1) is 0 Å². The van der Waals surface area contributed by atoms with Crippen LogP contribution in [0.5, 0.6) is 0 Å². The van der Waals surface area contributed by atoms with E-state index >= 15 is 0 Å². The Labute approximate surface area is 217 Å². The van der Waals surface area contributed by atoms with Crippen molar-refractivity contribution in [2.75, 3.05) is 18.8 Å². The third-order valence-corrected chi connectivity index (χ3v) is 7.75. The second kappa shape index (κ2) is 13.7. The molecule has 3 amide bonds. The maximum absolute atomic E-state index is 12.3. The number of nitrogens with one attached hydrogen (secondary N) is 3. The van der Waals surface area contributed by atoms with E-state index in [1.54, 1.807) is 12.4 Å². The van der Waals surface area contributed by atoms with E-state index < -0.39 is 0 Å². The van der Waals surface area contributed by atoms with Crippen molar-refractivity contribution in [3.05, 3.63) is 72.6 Å². The van der Waals surface area contributed by atoms with Gasteiger partial charge in [0.05, 0.1) is 23.5 Å². The van der Waals surface area contributed by atoms with Crippen molar-refractivity contribution in [3.63, 3.8) is 0 Å². The summed E-state index contributed by atoms with van der Waals surface area (Å²) in [6, 6.07) is 12.1. The Morgan fingerprint density at radius 1 is 1.03 bits per heavy atom. The first kappa shape index (κ1) is 25.8. The van der Waals surface area contributed by atoms with Crippen LogP contribution >= 0.6 is 11.8 Å². The van der Waals surface area contributed by atoms with E-state index in [2.05, 4.69) is 30.8 Å². The molecular formula is C27H34N6O2S. The molecule has 0 radical (unpaired) electrons. The van der Waals surface area contributed by atoms with E-state index in [-0.39, 0.29) is 24.0 Å². The van der Waals surface area contributed by atoms with Gasteiger partial charge in [0, 0.05) is 55.3 Å². The first-order valence-corrected chi connectivity index (χ1v) is 13.6. The van der Waals surface area contributed by atoms with E-state index in [1.807, 2.05) is 72.7 Å². The summed E-state index contributed by atoms with van der Waals surface area (Å²) in [5, 5.41) is 9.49. The Morgan fingerprint density at radius 2 is 1.75 bits per heavy atom. The molecular weight excluding hydrogens is 472 g/mol. The maximum atomic E-state index is 12.3. The number of amides is 3. The highest BCUT2D eigenvalue weighted by Crippen LogP contribution is 2.33. The summed E-state index contributed by atoms with van der Waals surface area (Å²) >= 11 is 1.92. The first-order chi connectivity index (χ1) is 17.7. The Hall–Kier alpha value is -3.33. The minimum Gasteiger partial charge on any atom is -0.356 e. The number of unbranched alkanes of at least 4 members (excludes halogenated alkanes) is 1. The SMILES string of the molecule is O=C(CCCC[C@@H]1SC[C@@H]2NC(=O)N[C@@H]21)NCCCN(/C=C\c1ccccn1)/C=C/c1ccccn1. The fourth-order valence-corrected chi connectivity index (χ4v) is 5.89. The van der Waals surface area contributed by atoms with Gasteiger partial charge in [0.2, 0.25) is 5.91 Å². The molecule has 8 nitrogen and oxygen atoms in total. The molecule has 2 aromatic heterocycles. The normalized spacial score (nSPS) is 20.9. The number of hydrogen-bond donors (Lipinski definition) is 3. The van der Waals surface area contributed by atoms with Crippen LogP contribution in [-0.2, 0) is 4.79 Å². The molecule has 0 bridgehead atoms. The van der Waals surface area contributed by atoms with Gasteiger partial charge in [-0.3, -0.25) is 14.8 Å². The Kier molecular flexibility index (Phi) is 9.78. The number of pyridine rings is 2. The fraction of sp³-hybridized carbons (Fsp3) is 0.407. The molecule has 0 spiro atoms. The highest BCUT2D eigenvalue weighted by atomic mass is 32.2. The number of thioether (sulfide) groups is 1. The number of aromatic nitrogens is 2. The van der Waals surface area contributed by atoms with Crippen LogP contribution in [0.2, 0.25) is 0 Å². The van der Waals surface area contributed by atoms with Crippen molar-refractivity contribution in [2.24, 2.45) is 0 Å². The second-order valence-electron chi connectivity index (χ2n) is 8.95. The van der Waals surface area contributed by atoms with E-state index in [9.17, 15) is 9.59 Å². The summed E-state index contributed by atoms with van der Waals surface area (Å²) in [6.07, 6.45) is 15.7. The van der Waals surface area contributed by atoms with E-state index in [4.69, 9.17) is 0 Å². The largest absolute Gasteiger partial charge is 0.356 e. The number of hydrogen-bond acceptors (Lipinski definition) is 6. The molecule has 4 heterocycles. The van der Waals surface area contributed by atoms with Gasteiger partial charge >= 0.3 is 6.03 Å². The summed E-state index contributed by atoms with van der Waals surface area (Å²) in [7, 11) is 0. The lowest BCUT2D eigenvalue weighted by Crippen LogP contribution is -2.36. The molecule has 36 heavy (non-hydrogen) atoms. The molecule has 190 valence electrons. The first-order valence-electron chi connectivity index (χ1n) is 12.6. The van der Waals surface area contributed by atoms with Crippen LogP contribution in [0, 0.1) is 0 Å². The van der Waals surface area contributed by atoms with Crippen molar-refractivity contribution in [1.29, 1.82) is 0 Å². The fourth-order valence-electron chi connectivity index (χ4n) is 4.34. The van der Waals surface area contributed by atoms with Crippen LogP contribution in [0.4, 0.5) is 4.79 Å². The number of nitrogens with zero attached hydrogens (tertiary/aromatic N) is 3. The number of carbonyl (C=O) groups excluding carboxylic acids is 2. The third-order valence-electron chi connectivity index (χ3n) is 6.24. The molecule has 2 aromatic rings. The minimum atomic E-state index is -0.0484. The lowest BCUT2D eigenvalue weighted by atomic mass is 10.0.